The van der Waals surface area contributed by atoms with Gasteiger partial charge < -0.3 is 9.84 Å². The molecule has 4 nitrogen and oxygen atoms in total. The highest BCUT2D eigenvalue weighted by molar-refractivity contribution is 6.04. The Morgan fingerprint density at radius 2 is 1.83 bits per heavy atom. The molecule has 94 valence electrons. The minimum absolute atomic E-state index is 0.187. The number of aromatic nitrogens is 1. The average Bonchev–Trinajstić information content (AvgIpc) is 2.27. The number of ether oxygens (including phenoxy) is 1. The monoisotopic (exact) mass is 245 g/mol. The molecule has 0 aliphatic heterocycles. The van der Waals surface area contributed by atoms with Crippen molar-refractivity contribution in [2.24, 2.45) is 0 Å². The fourth-order valence-electron chi connectivity index (χ4n) is 1.71. The molecule has 0 fully saturated rings. The van der Waals surface area contributed by atoms with Crippen molar-refractivity contribution in [3.63, 3.8) is 0 Å². The SMILES string of the molecule is CC(C)(C)Oc1ncc(C(=O)O)c2ccccc12. The topological polar surface area (TPSA) is 59.4 Å². The lowest BCUT2D eigenvalue weighted by Gasteiger charge is -2.21. The third-order valence-corrected chi connectivity index (χ3v) is 2.39. The van der Waals surface area contributed by atoms with Gasteiger partial charge in [0.1, 0.15) is 5.60 Å². The maximum absolute atomic E-state index is 11.1. The van der Waals surface area contributed by atoms with E-state index in [-0.39, 0.29) is 11.2 Å². The van der Waals surface area contributed by atoms with Gasteiger partial charge >= 0.3 is 5.97 Å². The maximum Gasteiger partial charge on any atom is 0.337 e. The predicted octanol–water partition coefficient (Wildman–Crippen LogP) is 3.11. The van der Waals surface area contributed by atoms with E-state index in [1.54, 1.807) is 12.1 Å². The normalized spacial score (nSPS) is 11.5. The molecule has 2 aromatic rings. The summed E-state index contributed by atoms with van der Waals surface area (Å²) in [5, 5.41) is 10.5. The van der Waals surface area contributed by atoms with Crippen molar-refractivity contribution in [3.8, 4) is 5.88 Å². The summed E-state index contributed by atoms with van der Waals surface area (Å²) in [5.41, 5.74) is -0.188. The summed E-state index contributed by atoms with van der Waals surface area (Å²) in [6, 6.07) is 7.21. The molecule has 0 radical (unpaired) electrons. The number of hydrogen-bond acceptors (Lipinski definition) is 3. The number of benzene rings is 1. The lowest BCUT2D eigenvalue weighted by Crippen LogP contribution is -2.23. The molecule has 1 aromatic heterocycles. The molecule has 1 heterocycles. The first kappa shape index (κ1) is 12.4. The third kappa shape index (κ3) is 2.42. The van der Waals surface area contributed by atoms with E-state index in [0.29, 0.717) is 16.7 Å². The quantitative estimate of drug-likeness (QED) is 0.883. The Hall–Kier alpha value is -2.10. The number of carboxylic acids is 1. The Balaban J connectivity index is 2.65. The molecule has 0 aliphatic carbocycles. The van der Waals surface area contributed by atoms with Crippen molar-refractivity contribution in [1.82, 2.24) is 4.98 Å². The van der Waals surface area contributed by atoms with Crippen LogP contribution in [-0.4, -0.2) is 21.7 Å². The Morgan fingerprint density at radius 1 is 1.22 bits per heavy atom. The molecule has 4 heteroatoms. The lowest BCUT2D eigenvalue weighted by atomic mass is 10.1. The minimum Gasteiger partial charge on any atom is -0.478 e. The van der Waals surface area contributed by atoms with Crippen LogP contribution >= 0.6 is 0 Å². The van der Waals surface area contributed by atoms with Crippen LogP contribution in [0.15, 0.2) is 30.5 Å². The van der Waals surface area contributed by atoms with Crippen LogP contribution in [0.1, 0.15) is 31.1 Å². The molecule has 0 spiro atoms. The molecule has 1 aromatic carbocycles. The Bertz CT molecular complexity index is 600. The number of nitrogens with zero attached hydrogens (tertiary/aromatic N) is 1. The van der Waals surface area contributed by atoms with Crippen molar-refractivity contribution in [2.75, 3.05) is 0 Å². The molecular weight excluding hydrogens is 230 g/mol. The highest BCUT2D eigenvalue weighted by Gasteiger charge is 2.17. The van der Waals surface area contributed by atoms with Crippen LogP contribution in [0.5, 0.6) is 5.88 Å². The van der Waals surface area contributed by atoms with Gasteiger partial charge in [0.2, 0.25) is 5.88 Å². The van der Waals surface area contributed by atoms with Gasteiger partial charge in [-0.25, -0.2) is 9.78 Å². The number of carbonyl (C=O) groups is 1. The van der Waals surface area contributed by atoms with Crippen LogP contribution in [-0.2, 0) is 0 Å². The number of aromatic carboxylic acids is 1. The average molecular weight is 245 g/mol. The molecular formula is C14H15NO3. The van der Waals surface area contributed by atoms with Crippen molar-refractivity contribution in [1.29, 1.82) is 0 Å². The summed E-state index contributed by atoms with van der Waals surface area (Å²) in [6.07, 6.45) is 1.34. The summed E-state index contributed by atoms with van der Waals surface area (Å²) in [5.74, 6) is -0.524. The second-order valence-electron chi connectivity index (χ2n) is 5.04. The second kappa shape index (κ2) is 4.29. The fourth-order valence-corrected chi connectivity index (χ4v) is 1.71. The fraction of sp³-hybridized carbons (Fsp3) is 0.286. The first-order valence-electron chi connectivity index (χ1n) is 5.68. The first-order chi connectivity index (χ1) is 8.38. The van der Waals surface area contributed by atoms with E-state index < -0.39 is 5.97 Å². The van der Waals surface area contributed by atoms with Crippen molar-refractivity contribution in [2.45, 2.75) is 26.4 Å². The van der Waals surface area contributed by atoms with Gasteiger partial charge in [-0.05, 0) is 26.8 Å². The van der Waals surface area contributed by atoms with Crippen LogP contribution < -0.4 is 4.74 Å². The Morgan fingerprint density at radius 3 is 2.39 bits per heavy atom. The molecule has 0 saturated carbocycles. The number of rotatable bonds is 2. The van der Waals surface area contributed by atoms with E-state index in [4.69, 9.17) is 9.84 Å². The summed E-state index contributed by atoms with van der Waals surface area (Å²) in [7, 11) is 0. The van der Waals surface area contributed by atoms with E-state index in [1.165, 1.54) is 6.20 Å². The minimum atomic E-state index is -0.985. The highest BCUT2D eigenvalue weighted by Crippen LogP contribution is 2.28. The van der Waals surface area contributed by atoms with Gasteiger partial charge in [-0.15, -0.1) is 0 Å². The van der Waals surface area contributed by atoms with Crippen LogP contribution in [0, 0.1) is 0 Å². The van der Waals surface area contributed by atoms with Gasteiger partial charge in [-0.2, -0.15) is 0 Å². The van der Waals surface area contributed by atoms with E-state index in [2.05, 4.69) is 4.98 Å². The molecule has 1 N–H and O–H groups in total. The summed E-state index contributed by atoms with van der Waals surface area (Å²) < 4.78 is 5.75. The van der Waals surface area contributed by atoms with Crippen molar-refractivity contribution >= 4 is 16.7 Å². The Kier molecular flexibility index (Phi) is 2.95. The van der Waals surface area contributed by atoms with E-state index in [0.717, 1.165) is 0 Å². The van der Waals surface area contributed by atoms with Crippen LogP contribution in [0.2, 0.25) is 0 Å². The van der Waals surface area contributed by atoms with E-state index >= 15 is 0 Å². The smallest absolute Gasteiger partial charge is 0.337 e. The molecule has 18 heavy (non-hydrogen) atoms. The molecule has 0 aliphatic rings. The van der Waals surface area contributed by atoms with Crippen LogP contribution in [0.25, 0.3) is 10.8 Å². The summed E-state index contributed by atoms with van der Waals surface area (Å²) in [6.45, 7) is 5.78. The number of carboxylic acid groups (broad SMARTS) is 1. The number of fused-ring (bicyclic) bond motifs is 1. The highest BCUT2D eigenvalue weighted by atomic mass is 16.5. The largest absolute Gasteiger partial charge is 0.478 e. The predicted molar refractivity (Wildman–Crippen MR) is 69.1 cm³/mol. The number of pyridine rings is 1. The zero-order valence-electron chi connectivity index (χ0n) is 10.6. The number of hydrogen-bond donors (Lipinski definition) is 1. The Labute approximate surface area is 105 Å². The molecule has 0 atom stereocenters. The van der Waals surface area contributed by atoms with Crippen LogP contribution in [0.3, 0.4) is 0 Å². The molecule has 0 amide bonds. The van der Waals surface area contributed by atoms with E-state index in [1.807, 2.05) is 32.9 Å². The van der Waals surface area contributed by atoms with Gasteiger partial charge in [0.15, 0.2) is 0 Å². The third-order valence-electron chi connectivity index (χ3n) is 2.39. The first-order valence-corrected chi connectivity index (χ1v) is 5.68. The zero-order valence-corrected chi connectivity index (χ0v) is 10.6. The van der Waals surface area contributed by atoms with Gasteiger partial charge in [0.05, 0.1) is 5.56 Å². The van der Waals surface area contributed by atoms with Crippen LogP contribution in [0.4, 0.5) is 0 Å². The van der Waals surface area contributed by atoms with Gasteiger partial charge in [0.25, 0.3) is 0 Å². The zero-order chi connectivity index (χ0) is 13.3. The second-order valence-corrected chi connectivity index (χ2v) is 5.04. The standard InChI is InChI=1S/C14H15NO3/c1-14(2,3)18-12-10-7-5-4-6-9(10)11(8-15-12)13(16)17/h4-8H,1-3H3,(H,16,17). The maximum atomic E-state index is 11.1. The van der Waals surface area contributed by atoms with Crippen molar-refractivity contribution in [3.05, 3.63) is 36.0 Å². The summed E-state index contributed by atoms with van der Waals surface area (Å²) in [4.78, 5) is 15.2. The summed E-state index contributed by atoms with van der Waals surface area (Å²) >= 11 is 0. The van der Waals surface area contributed by atoms with E-state index in [9.17, 15) is 4.79 Å². The molecule has 2 rings (SSSR count). The van der Waals surface area contributed by atoms with Crippen molar-refractivity contribution < 1.29 is 14.6 Å². The van der Waals surface area contributed by atoms with Gasteiger partial charge in [-0.3, -0.25) is 0 Å². The van der Waals surface area contributed by atoms with Gasteiger partial charge in [0, 0.05) is 17.0 Å². The van der Waals surface area contributed by atoms with Gasteiger partial charge in [-0.1, -0.05) is 18.2 Å². The molecule has 0 saturated heterocycles. The lowest BCUT2D eigenvalue weighted by molar-refractivity contribution is 0.0698. The molecule has 0 unspecified atom stereocenters. The molecule has 0 bridgehead atoms.